The molecule has 6 nitrogen and oxygen atoms in total. The summed E-state index contributed by atoms with van der Waals surface area (Å²) in [7, 11) is 3.02. The van der Waals surface area contributed by atoms with Gasteiger partial charge in [-0.05, 0) is 12.0 Å². The van der Waals surface area contributed by atoms with Crippen LogP contribution in [0, 0.1) is 0 Å². The van der Waals surface area contributed by atoms with Crippen LogP contribution in [0.25, 0.3) is 0 Å². The fraction of sp³-hybridized carbons (Fsp3) is 0.400. The molecule has 0 bridgehead atoms. The molecule has 1 N–H and O–H groups in total. The first-order chi connectivity index (χ1) is 7.54. The van der Waals surface area contributed by atoms with E-state index in [1.54, 1.807) is 30.9 Å². The predicted molar refractivity (Wildman–Crippen MR) is 54.4 cm³/mol. The fourth-order valence-electron chi connectivity index (χ4n) is 1.07. The maximum absolute atomic E-state index is 11.6. The van der Waals surface area contributed by atoms with Crippen LogP contribution in [0.3, 0.4) is 0 Å². The molecule has 1 aromatic heterocycles. The van der Waals surface area contributed by atoms with Crippen molar-refractivity contribution in [1.82, 2.24) is 10.4 Å². The maximum Gasteiger partial charge on any atom is 0.328 e. The standard InChI is InChI=1S/C10H13N3O3/c1-7(10(15)16-3)12-9(14)8-4-5-13(2)11-6-8/h4-7H,1-3H3/p+1. The Morgan fingerprint density at radius 1 is 1.56 bits per heavy atom. The van der Waals surface area contributed by atoms with Gasteiger partial charge in [-0.25, -0.2) is 4.79 Å². The Kier molecular flexibility index (Phi) is 3.93. The van der Waals surface area contributed by atoms with Gasteiger partial charge in [0.2, 0.25) is 0 Å². The summed E-state index contributed by atoms with van der Waals surface area (Å²) in [6.07, 6.45) is 3.08. The number of rotatable bonds is 3. The summed E-state index contributed by atoms with van der Waals surface area (Å²) in [6, 6.07) is 0.943. The van der Waals surface area contributed by atoms with Gasteiger partial charge in [-0.3, -0.25) is 4.79 Å². The van der Waals surface area contributed by atoms with E-state index in [0.717, 1.165) is 0 Å². The average molecular weight is 224 g/mol. The first kappa shape index (κ1) is 12.1. The normalized spacial score (nSPS) is 11.7. The van der Waals surface area contributed by atoms with Crippen molar-refractivity contribution in [2.24, 2.45) is 7.05 Å². The molecule has 0 aliphatic rings. The molecule has 86 valence electrons. The van der Waals surface area contributed by atoms with Gasteiger partial charge in [0.25, 0.3) is 5.91 Å². The van der Waals surface area contributed by atoms with E-state index >= 15 is 0 Å². The highest BCUT2D eigenvalue weighted by Gasteiger charge is 2.17. The lowest BCUT2D eigenvalue weighted by molar-refractivity contribution is -0.730. The highest BCUT2D eigenvalue weighted by atomic mass is 16.5. The summed E-state index contributed by atoms with van der Waals surface area (Å²) in [4.78, 5) is 22.7. The average Bonchev–Trinajstić information content (AvgIpc) is 2.28. The summed E-state index contributed by atoms with van der Waals surface area (Å²) in [5.41, 5.74) is 0.397. The number of hydrogen-bond donors (Lipinski definition) is 1. The minimum absolute atomic E-state index is 0.356. The highest BCUT2D eigenvalue weighted by molar-refractivity contribution is 5.96. The van der Waals surface area contributed by atoms with Crippen molar-refractivity contribution in [2.75, 3.05) is 7.11 Å². The lowest BCUT2D eigenvalue weighted by Gasteiger charge is -2.10. The number of carbonyl (C=O) groups excluding carboxylic acids is 2. The molecule has 1 aromatic rings. The molecule has 1 amide bonds. The summed E-state index contributed by atoms with van der Waals surface area (Å²) >= 11 is 0. The SMILES string of the molecule is COC(=O)C(C)NC(=O)c1cc[n+](C)nc1. The second kappa shape index (κ2) is 5.20. The van der Waals surface area contributed by atoms with E-state index in [-0.39, 0.29) is 5.91 Å². The van der Waals surface area contributed by atoms with Crippen molar-refractivity contribution < 1.29 is 19.0 Å². The van der Waals surface area contributed by atoms with Crippen LogP contribution in [0.2, 0.25) is 0 Å². The number of nitrogens with zero attached hydrogens (tertiary/aromatic N) is 2. The van der Waals surface area contributed by atoms with E-state index < -0.39 is 12.0 Å². The van der Waals surface area contributed by atoms with Gasteiger partial charge in [0, 0.05) is 6.07 Å². The minimum Gasteiger partial charge on any atom is -0.467 e. The van der Waals surface area contributed by atoms with Crippen LogP contribution in [0.4, 0.5) is 0 Å². The molecule has 0 saturated heterocycles. The number of methoxy groups -OCH3 is 1. The lowest BCUT2D eigenvalue weighted by atomic mass is 10.2. The molecule has 1 rings (SSSR count). The van der Waals surface area contributed by atoms with Crippen molar-refractivity contribution in [3.8, 4) is 0 Å². The third-order valence-electron chi connectivity index (χ3n) is 2.01. The van der Waals surface area contributed by atoms with E-state index in [1.165, 1.54) is 13.3 Å². The van der Waals surface area contributed by atoms with Crippen LogP contribution < -0.4 is 10.00 Å². The number of aromatic nitrogens is 2. The van der Waals surface area contributed by atoms with E-state index in [0.29, 0.717) is 5.56 Å². The fourth-order valence-corrected chi connectivity index (χ4v) is 1.07. The summed E-state index contributed by atoms with van der Waals surface area (Å²) in [5.74, 6) is -0.839. The van der Waals surface area contributed by atoms with Crippen molar-refractivity contribution in [3.63, 3.8) is 0 Å². The van der Waals surface area contributed by atoms with Crippen molar-refractivity contribution >= 4 is 11.9 Å². The van der Waals surface area contributed by atoms with Gasteiger partial charge in [0.1, 0.15) is 12.2 Å². The molecule has 0 aliphatic carbocycles. The number of esters is 1. The van der Waals surface area contributed by atoms with Gasteiger partial charge in [-0.1, -0.05) is 4.68 Å². The predicted octanol–water partition coefficient (Wildman–Crippen LogP) is -0.803. The number of aryl methyl sites for hydroxylation is 1. The van der Waals surface area contributed by atoms with E-state index in [1.807, 2.05) is 0 Å². The first-order valence-electron chi connectivity index (χ1n) is 4.75. The van der Waals surface area contributed by atoms with Crippen molar-refractivity contribution in [1.29, 1.82) is 0 Å². The summed E-state index contributed by atoms with van der Waals surface area (Å²) in [5, 5.41) is 6.42. The molecule has 6 heteroatoms. The Bertz CT molecular complexity index is 389. The van der Waals surface area contributed by atoms with Crippen molar-refractivity contribution in [3.05, 3.63) is 24.0 Å². The number of carbonyl (C=O) groups is 2. The quantitative estimate of drug-likeness (QED) is 0.539. The molecule has 0 saturated carbocycles. The smallest absolute Gasteiger partial charge is 0.328 e. The molecular formula is C10H14N3O3+. The summed E-state index contributed by atoms with van der Waals surface area (Å²) < 4.78 is 6.06. The van der Waals surface area contributed by atoms with Gasteiger partial charge in [-0.2, -0.15) is 0 Å². The number of ether oxygens (including phenoxy) is 1. The zero-order valence-electron chi connectivity index (χ0n) is 9.43. The topological polar surface area (TPSA) is 72.2 Å². The zero-order chi connectivity index (χ0) is 12.1. The van der Waals surface area contributed by atoms with Crippen LogP contribution in [-0.4, -0.2) is 30.1 Å². The molecule has 0 aliphatic heterocycles. The largest absolute Gasteiger partial charge is 0.467 e. The molecule has 16 heavy (non-hydrogen) atoms. The first-order valence-corrected chi connectivity index (χ1v) is 4.75. The Labute approximate surface area is 93.2 Å². The van der Waals surface area contributed by atoms with Crippen LogP contribution in [0.5, 0.6) is 0 Å². The van der Waals surface area contributed by atoms with Crippen molar-refractivity contribution in [2.45, 2.75) is 13.0 Å². The molecule has 0 radical (unpaired) electrons. The Morgan fingerprint density at radius 2 is 2.25 bits per heavy atom. The minimum atomic E-state index is -0.675. The van der Waals surface area contributed by atoms with E-state index in [2.05, 4.69) is 15.2 Å². The molecule has 1 unspecified atom stereocenters. The zero-order valence-corrected chi connectivity index (χ0v) is 9.43. The summed E-state index contributed by atoms with van der Waals surface area (Å²) in [6.45, 7) is 1.56. The van der Waals surface area contributed by atoms with Gasteiger partial charge < -0.3 is 10.1 Å². The lowest BCUT2D eigenvalue weighted by Crippen LogP contribution is -2.40. The third-order valence-corrected chi connectivity index (χ3v) is 2.01. The molecule has 1 atom stereocenters. The highest BCUT2D eigenvalue weighted by Crippen LogP contribution is 1.95. The molecule has 0 fully saturated rings. The van der Waals surface area contributed by atoms with Gasteiger partial charge >= 0.3 is 5.97 Å². The third kappa shape index (κ3) is 3.01. The molecule has 0 aromatic carbocycles. The van der Waals surface area contributed by atoms with Crippen LogP contribution in [0.15, 0.2) is 18.5 Å². The second-order valence-electron chi connectivity index (χ2n) is 3.31. The van der Waals surface area contributed by atoms with E-state index in [9.17, 15) is 9.59 Å². The number of hydrogen-bond acceptors (Lipinski definition) is 4. The van der Waals surface area contributed by atoms with Crippen LogP contribution >= 0.6 is 0 Å². The molecule has 0 spiro atoms. The van der Waals surface area contributed by atoms with Crippen LogP contribution in [-0.2, 0) is 16.6 Å². The van der Waals surface area contributed by atoms with Gasteiger partial charge in [0.05, 0.1) is 12.7 Å². The van der Waals surface area contributed by atoms with Crippen LogP contribution in [0.1, 0.15) is 17.3 Å². The Balaban J connectivity index is 2.65. The second-order valence-corrected chi connectivity index (χ2v) is 3.31. The monoisotopic (exact) mass is 224 g/mol. The van der Waals surface area contributed by atoms with E-state index in [4.69, 9.17) is 0 Å². The number of amides is 1. The molecule has 1 heterocycles. The van der Waals surface area contributed by atoms with Gasteiger partial charge in [0.15, 0.2) is 13.2 Å². The Morgan fingerprint density at radius 3 is 2.75 bits per heavy atom. The molecular weight excluding hydrogens is 210 g/mol. The number of nitrogens with one attached hydrogen (secondary N) is 1. The maximum atomic E-state index is 11.6. The van der Waals surface area contributed by atoms with Gasteiger partial charge in [-0.15, -0.1) is 0 Å². The Hall–Kier alpha value is -1.98.